The average Bonchev–Trinajstić information content (AvgIpc) is 3.24. The molecular weight excluding hydrogens is 384 g/mol. The van der Waals surface area contributed by atoms with Crippen LogP contribution in [0.25, 0.3) is 11.4 Å². The molecule has 2 aromatic carbocycles. The molecule has 0 spiro atoms. The molecule has 1 fully saturated rings. The number of benzene rings is 2. The van der Waals surface area contributed by atoms with E-state index in [2.05, 4.69) is 32.6 Å². The first-order valence-corrected chi connectivity index (χ1v) is 10.6. The van der Waals surface area contributed by atoms with Gasteiger partial charge in [-0.2, -0.15) is 5.10 Å². The van der Waals surface area contributed by atoms with E-state index in [0.29, 0.717) is 23.8 Å². The van der Waals surface area contributed by atoms with Crippen LogP contribution in [-0.2, 0) is 16.6 Å². The first-order chi connectivity index (χ1) is 14.2. The fourth-order valence-electron chi connectivity index (χ4n) is 4.16. The summed E-state index contributed by atoms with van der Waals surface area (Å²) in [4.78, 5) is 17.7. The van der Waals surface area contributed by atoms with E-state index in [9.17, 15) is 4.79 Å². The summed E-state index contributed by atoms with van der Waals surface area (Å²) in [5.74, 6) is 1.52. The van der Waals surface area contributed by atoms with Crippen LogP contribution in [-0.4, -0.2) is 27.6 Å². The lowest BCUT2D eigenvalue weighted by atomic mass is 9.68. The Morgan fingerprint density at radius 2 is 1.76 bits per heavy atom. The van der Waals surface area contributed by atoms with Crippen molar-refractivity contribution in [3.8, 4) is 11.4 Å². The lowest BCUT2D eigenvalue weighted by molar-refractivity contribution is -0.128. The molecule has 5 nitrogen and oxygen atoms in total. The van der Waals surface area contributed by atoms with Crippen molar-refractivity contribution in [1.29, 1.82) is 0 Å². The number of hydrogen-bond acceptors (Lipinski definition) is 3. The number of aromatic amines is 1. The van der Waals surface area contributed by atoms with E-state index < -0.39 is 5.41 Å². The SMILES string of the molecule is O=C(NCCc1nc(-c2ccc(Cl)cc2)n[nH]1)C1(c2ccccc2)CCCCC1. The van der Waals surface area contributed by atoms with E-state index in [-0.39, 0.29) is 5.91 Å². The number of aromatic nitrogens is 3. The third-order valence-corrected chi connectivity index (χ3v) is 6.00. The van der Waals surface area contributed by atoms with Crippen LogP contribution in [0.5, 0.6) is 0 Å². The summed E-state index contributed by atoms with van der Waals surface area (Å²) in [6.07, 6.45) is 5.81. The Kier molecular flexibility index (Phi) is 5.95. The fourth-order valence-corrected chi connectivity index (χ4v) is 4.28. The Morgan fingerprint density at radius 1 is 1.03 bits per heavy atom. The summed E-state index contributed by atoms with van der Waals surface area (Å²) < 4.78 is 0. The van der Waals surface area contributed by atoms with Gasteiger partial charge in [0.2, 0.25) is 5.91 Å². The van der Waals surface area contributed by atoms with Crippen molar-refractivity contribution in [3.05, 3.63) is 71.0 Å². The smallest absolute Gasteiger partial charge is 0.230 e. The molecule has 4 rings (SSSR count). The molecule has 0 saturated heterocycles. The van der Waals surface area contributed by atoms with Crippen LogP contribution in [0.4, 0.5) is 0 Å². The summed E-state index contributed by atoms with van der Waals surface area (Å²) in [5.41, 5.74) is 1.63. The van der Waals surface area contributed by atoms with Gasteiger partial charge in [0, 0.05) is 23.6 Å². The normalized spacial score (nSPS) is 15.8. The van der Waals surface area contributed by atoms with Gasteiger partial charge >= 0.3 is 0 Å². The maximum absolute atomic E-state index is 13.2. The highest BCUT2D eigenvalue weighted by atomic mass is 35.5. The summed E-state index contributed by atoms with van der Waals surface area (Å²) in [6, 6.07) is 17.6. The molecule has 0 unspecified atom stereocenters. The molecule has 1 saturated carbocycles. The highest BCUT2D eigenvalue weighted by molar-refractivity contribution is 6.30. The Balaban J connectivity index is 1.39. The Morgan fingerprint density at radius 3 is 2.48 bits per heavy atom. The van der Waals surface area contributed by atoms with Gasteiger partial charge in [-0.25, -0.2) is 4.98 Å². The highest BCUT2D eigenvalue weighted by Gasteiger charge is 2.40. The number of rotatable bonds is 6. The molecule has 1 aliphatic carbocycles. The van der Waals surface area contributed by atoms with E-state index in [4.69, 9.17) is 11.6 Å². The van der Waals surface area contributed by atoms with Gasteiger partial charge in [0.15, 0.2) is 5.82 Å². The molecule has 2 N–H and O–H groups in total. The zero-order chi connectivity index (χ0) is 20.1. The predicted molar refractivity (Wildman–Crippen MR) is 115 cm³/mol. The molecule has 0 bridgehead atoms. The molecule has 3 aromatic rings. The number of carbonyl (C=O) groups is 1. The minimum absolute atomic E-state index is 0.126. The zero-order valence-electron chi connectivity index (χ0n) is 16.3. The lowest BCUT2D eigenvalue weighted by Gasteiger charge is -2.36. The second-order valence-corrected chi connectivity index (χ2v) is 8.06. The second kappa shape index (κ2) is 8.78. The van der Waals surface area contributed by atoms with Crippen LogP contribution >= 0.6 is 11.6 Å². The van der Waals surface area contributed by atoms with E-state index in [1.807, 2.05) is 42.5 Å². The Bertz CT molecular complexity index is 947. The average molecular weight is 409 g/mol. The topological polar surface area (TPSA) is 70.7 Å². The maximum Gasteiger partial charge on any atom is 0.230 e. The molecule has 0 atom stereocenters. The van der Waals surface area contributed by atoms with Gasteiger partial charge in [0.05, 0.1) is 5.41 Å². The van der Waals surface area contributed by atoms with E-state index in [1.54, 1.807) is 0 Å². The van der Waals surface area contributed by atoms with Gasteiger partial charge in [0.1, 0.15) is 5.82 Å². The number of H-pyrrole nitrogens is 1. The van der Waals surface area contributed by atoms with Gasteiger partial charge in [-0.15, -0.1) is 0 Å². The number of nitrogens with zero attached hydrogens (tertiary/aromatic N) is 2. The molecule has 29 heavy (non-hydrogen) atoms. The molecule has 0 radical (unpaired) electrons. The van der Waals surface area contributed by atoms with Gasteiger partial charge in [-0.05, 0) is 42.7 Å². The minimum atomic E-state index is -0.407. The standard InChI is InChI=1S/C23H25ClN4O/c24-19-11-9-17(10-12-19)21-26-20(27-28-21)13-16-25-22(29)23(14-5-2-6-15-23)18-7-3-1-4-8-18/h1,3-4,7-12H,2,5-6,13-16H2,(H,25,29)(H,26,27,28). The summed E-state index contributed by atoms with van der Waals surface area (Å²) in [7, 11) is 0. The predicted octanol–water partition coefficient (Wildman–Crippen LogP) is 4.69. The molecule has 6 heteroatoms. The van der Waals surface area contributed by atoms with E-state index in [0.717, 1.165) is 42.6 Å². The number of carbonyl (C=O) groups excluding carboxylic acids is 1. The molecule has 1 heterocycles. The fraction of sp³-hybridized carbons (Fsp3) is 0.348. The maximum atomic E-state index is 13.2. The number of amides is 1. The van der Waals surface area contributed by atoms with Gasteiger partial charge < -0.3 is 5.32 Å². The van der Waals surface area contributed by atoms with Crippen LogP contribution in [0.1, 0.15) is 43.5 Å². The summed E-state index contributed by atoms with van der Waals surface area (Å²) in [5, 5.41) is 11.1. The third-order valence-electron chi connectivity index (χ3n) is 5.75. The quantitative estimate of drug-likeness (QED) is 0.621. The molecular formula is C23H25ClN4O. The van der Waals surface area contributed by atoms with E-state index in [1.165, 1.54) is 6.42 Å². The van der Waals surface area contributed by atoms with Crippen molar-refractivity contribution in [3.63, 3.8) is 0 Å². The number of hydrogen-bond donors (Lipinski definition) is 2. The van der Waals surface area contributed by atoms with Crippen molar-refractivity contribution < 1.29 is 4.79 Å². The van der Waals surface area contributed by atoms with Crippen LogP contribution in [0.15, 0.2) is 54.6 Å². The summed E-state index contributed by atoms with van der Waals surface area (Å²) >= 11 is 5.93. The lowest BCUT2D eigenvalue weighted by Crippen LogP contribution is -2.46. The molecule has 1 aromatic heterocycles. The first kappa shape index (κ1) is 19.6. The minimum Gasteiger partial charge on any atom is -0.355 e. The molecule has 1 aliphatic rings. The third kappa shape index (κ3) is 4.35. The van der Waals surface area contributed by atoms with E-state index >= 15 is 0 Å². The van der Waals surface area contributed by atoms with Crippen molar-refractivity contribution in [1.82, 2.24) is 20.5 Å². The summed E-state index contributed by atoms with van der Waals surface area (Å²) in [6.45, 7) is 0.530. The van der Waals surface area contributed by atoms with Crippen molar-refractivity contribution in [2.45, 2.75) is 43.9 Å². The molecule has 1 amide bonds. The van der Waals surface area contributed by atoms with Crippen LogP contribution in [0, 0.1) is 0 Å². The molecule has 0 aliphatic heterocycles. The van der Waals surface area contributed by atoms with Crippen LogP contribution in [0.3, 0.4) is 0 Å². The van der Waals surface area contributed by atoms with Crippen LogP contribution in [0.2, 0.25) is 5.02 Å². The van der Waals surface area contributed by atoms with Gasteiger partial charge in [0.25, 0.3) is 0 Å². The van der Waals surface area contributed by atoms with Gasteiger partial charge in [-0.1, -0.05) is 61.2 Å². The number of halogens is 1. The van der Waals surface area contributed by atoms with Crippen LogP contribution < -0.4 is 5.32 Å². The van der Waals surface area contributed by atoms with Crippen molar-refractivity contribution in [2.75, 3.05) is 6.54 Å². The zero-order valence-corrected chi connectivity index (χ0v) is 17.1. The Hall–Kier alpha value is -2.66. The number of nitrogens with one attached hydrogen (secondary N) is 2. The monoisotopic (exact) mass is 408 g/mol. The Labute approximate surface area is 175 Å². The largest absolute Gasteiger partial charge is 0.355 e. The van der Waals surface area contributed by atoms with Gasteiger partial charge in [-0.3, -0.25) is 9.89 Å². The first-order valence-electron chi connectivity index (χ1n) is 10.2. The van der Waals surface area contributed by atoms with Crippen molar-refractivity contribution >= 4 is 17.5 Å². The molecule has 150 valence electrons. The second-order valence-electron chi connectivity index (χ2n) is 7.63. The highest BCUT2D eigenvalue weighted by Crippen LogP contribution is 2.39. The van der Waals surface area contributed by atoms with Crippen molar-refractivity contribution in [2.24, 2.45) is 0 Å².